The van der Waals surface area contributed by atoms with Gasteiger partial charge < -0.3 is 4.57 Å². The number of rotatable bonds is 3. The number of hydrogen-bond acceptors (Lipinski definition) is 1. The van der Waals surface area contributed by atoms with Gasteiger partial charge in [-0.2, -0.15) is 5.26 Å². The molecule has 0 atom stereocenters. The molecule has 0 aliphatic heterocycles. The molecular formula is C14H19BrN2. The highest BCUT2D eigenvalue weighted by atomic mass is 79.9. The normalized spacial score (nSPS) is 19.5. The van der Waals surface area contributed by atoms with Crippen molar-refractivity contribution in [2.45, 2.75) is 45.1 Å². The maximum Gasteiger partial charge on any atom is 0.120 e. The Balaban J connectivity index is 2.16. The lowest BCUT2D eigenvalue weighted by atomic mass is 9.82. The maximum atomic E-state index is 9.07. The fraction of sp³-hybridized carbons (Fsp3) is 0.643. The summed E-state index contributed by atoms with van der Waals surface area (Å²) in [4.78, 5) is 0. The summed E-state index contributed by atoms with van der Waals surface area (Å²) < 4.78 is 2.12. The minimum absolute atomic E-state index is 0.348. The van der Waals surface area contributed by atoms with E-state index in [9.17, 15) is 0 Å². The van der Waals surface area contributed by atoms with E-state index in [0.29, 0.717) is 5.41 Å². The lowest BCUT2D eigenvalue weighted by molar-refractivity contribution is 0.242. The highest BCUT2D eigenvalue weighted by Crippen LogP contribution is 2.38. The van der Waals surface area contributed by atoms with Gasteiger partial charge in [0.25, 0.3) is 0 Å². The molecule has 0 N–H and O–H groups in total. The molecule has 3 heteroatoms. The zero-order chi connectivity index (χ0) is 12.1. The summed E-state index contributed by atoms with van der Waals surface area (Å²) in [6.45, 7) is 0.980. The fourth-order valence-corrected chi connectivity index (χ4v) is 3.57. The van der Waals surface area contributed by atoms with Gasteiger partial charge in [-0.05, 0) is 30.4 Å². The monoisotopic (exact) mass is 294 g/mol. The molecule has 2 rings (SSSR count). The third-order valence-corrected chi connectivity index (χ3v) is 5.09. The van der Waals surface area contributed by atoms with Gasteiger partial charge in [-0.25, -0.2) is 0 Å². The molecule has 1 aliphatic carbocycles. The van der Waals surface area contributed by atoms with Crippen LogP contribution in [0.5, 0.6) is 0 Å². The van der Waals surface area contributed by atoms with E-state index in [1.54, 1.807) is 0 Å². The van der Waals surface area contributed by atoms with Crippen molar-refractivity contribution in [3.63, 3.8) is 0 Å². The van der Waals surface area contributed by atoms with Crippen LogP contribution < -0.4 is 0 Å². The third-order valence-electron chi connectivity index (χ3n) is 3.90. The summed E-state index contributed by atoms with van der Waals surface area (Å²) in [6.07, 6.45) is 9.98. The Kier molecular flexibility index (Phi) is 4.28. The van der Waals surface area contributed by atoms with Gasteiger partial charge in [-0.15, -0.1) is 0 Å². The van der Waals surface area contributed by atoms with Crippen molar-refractivity contribution >= 4 is 15.9 Å². The molecule has 92 valence electrons. The van der Waals surface area contributed by atoms with Crippen LogP contribution in [0.4, 0.5) is 0 Å². The molecule has 0 amide bonds. The lowest BCUT2D eigenvalue weighted by Gasteiger charge is -2.31. The van der Waals surface area contributed by atoms with Crippen molar-refractivity contribution in [2.24, 2.45) is 5.41 Å². The molecule has 1 fully saturated rings. The second-order valence-corrected chi connectivity index (χ2v) is 5.74. The van der Waals surface area contributed by atoms with Crippen LogP contribution in [0.15, 0.2) is 18.3 Å². The Morgan fingerprint density at radius 3 is 2.59 bits per heavy atom. The minimum Gasteiger partial charge on any atom is -0.339 e. The van der Waals surface area contributed by atoms with Crippen LogP contribution >= 0.6 is 15.9 Å². The SMILES string of the molecule is N#Cc1cccn1CC1(CBr)CCCCCC1. The fourth-order valence-electron chi connectivity index (χ4n) is 2.83. The molecule has 1 aliphatic rings. The van der Waals surface area contributed by atoms with Gasteiger partial charge in [0.05, 0.1) is 0 Å². The number of alkyl halides is 1. The van der Waals surface area contributed by atoms with Gasteiger partial charge in [-0.3, -0.25) is 0 Å². The number of nitrogens with zero attached hydrogens (tertiary/aromatic N) is 2. The Morgan fingerprint density at radius 1 is 1.29 bits per heavy atom. The highest BCUT2D eigenvalue weighted by Gasteiger charge is 2.30. The van der Waals surface area contributed by atoms with Crippen LogP contribution in [-0.4, -0.2) is 9.90 Å². The summed E-state index contributed by atoms with van der Waals surface area (Å²) in [7, 11) is 0. The maximum absolute atomic E-state index is 9.07. The predicted octanol–water partition coefficient (Wildman–Crippen LogP) is 4.10. The van der Waals surface area contributed by atoms with E-state index in [1.807, 2.05) is 18.3 Å². The summed E-state index contributed by atoms with van der Waals surface area (Å²) in [5.41, 5.74) is 1.13. The first-order valence-electron chi connectivity index (χ1n) is 6.41. The molecule has 1 aromatic heterocycles. The largest absolute Gasteiger partial charge is 0.339 e. The lowest BCUT2D eigenvalue weighted by Crippen LogP contribution is -2.28. The van der Waals surface area contributed by atoms with Crippen molar-refractivity contribution < 1.29 is 0 Å². The molecule has 0 bridgehead atoms. The first-order valence-corrected chi connectivity index (χ1v) is 7.53. The van der Waals surface area contributed by atoms with E-state index >= 15 is 0 Å². The Bertz CT molecular complexity index is 395. The van der Waals surface area contributed by atoms with Crippen LogP contribution in [0.3, 0.4) is 0 Å². The van der Waals surface area contributed by atoms with E-state index in [1.165, 1.54) is 38.5 Å². The second kappa shape index (κ2) is 5.73. The molecule has 1 heterocycles. The topological polar surface area (TPSA) is 28.7 Å². The minimum atomic E-state index is 0.348. The smallest absolute Gasteiger partial charge is 0.120 e. The molecule has 0 aromatic carbocycles. The van der Waals surface area contributed by atoms with Crippen LogP contribution in [0.1, 0.15) is 44.2 Å². The molecule has 2 nitrogen and oxygen atoms in total. The first-order chi connectivity index (χ1) is 8.29. The molecule has 0 radical (unpaired) electrons. The Hall–Kier alpha value is -0.750. The van der Waals surface area contributed by atoms with Crippen molar-refractivity contribution in [1.29, 1.82) is 5.26 Å². The van der Waals surface area contributed by atoms with E-state index in [2.05, 4.69) is 26.6 Å². The van der Waals surface area contributed by atoms with E-state index < -0.39 is 0 Å². The van der Waals surface area contributed by atoms with Crippen LogP contribution in [0.25, 0.3) is 0 Å². The Labute approximate surface area is 112 Å². The van der Waals surface area contributed by atoms with Crippen LogP contribution in [0, 0.1) is 16.7 Å². The molecular weight excluding hydrogens is 276 g/mol. The van der Waals surface area contributed by atoms with E-state index in [4.69, 9.17) is 5.26 Å². The van der Waals surface area contributed by atoms with Crippen molar-refractivity contribution in [3.8, 4) is 6.07 Å². The van der Waals surface area contributed by atoms with Crippen LogP contribution in [-0.2, 0) is 6.54 Å². The van der Waals surface area contributed by atoms with Gasteiger partial charge in [0.1, 0.15) is 11.8 Å². The van der Waals surface area contributed by atoms with E-state index in [0.717, 1.165) is 17.6 Å². The zero-order valence-electron chi connectivity index (χ0n) is 10.2. The van der Waals surface area contributed by atoms with Gasteiger partial charge >= 0.3 is 0 Å². The number of nitriles is 1. The summed E-state index contributed by atoms with van der Waals surface area (Å²) in [5.74, 6) is 0. The van der Waals surface area contributed by atoms with Gasteiger partial charge in [0.15, 0.2) is 0 Å². The molecule has 0 spiro atoms. The second-order valence-electron chi connectivity index (χ2n) is 5.18. The average Bonchev–Trinajstić information content (AvgIpc) is 2.66. The molecule has 1 saturated carbocycles. The van der Waals surface area contributed by atoms with Gasteiger partial charge in [0, 0.05) is 18.1 Å². The highest BCUT2D eigenvalue weighted by molar-refractivity contribution is 9.09. The third kappa shape index (κ3) is 2.93. The molecule has 1 aromatic rings. The van der Waals surface area contributed by atoms with E-state index in [-0.39, 0.29) is 0 Å². The number of halogens is 1. The van der Waals surface area contributed by atoms with Crippen molar-refractivity contribution in [3.05, 3.63) is 24.0 Å². The first kappa shape index (κ1) is 12.7. The van der Waals surface area contributed by atoms with Crippen molar-refractivity contribution in [2.75, 3.05) is 5.33 Å². The number of aromatic nitrogens is 1. The average molecular weight is 295 g/mol. The standard InChI is InChI=1S/C14H19BrN2/c15-11-14(7-3-1-2-4-8-14)12-17-9-5-6-13(17)10-16/h5-6,9H,1-4,7-8,11-12H2. The summed E-state index contributed by atoms with van der Waals surface area (Å²) in [5, 5.41) is 10.1. The molecule has 0 saturated heterocycles. The van der Waals surface area contributed by atoms with Crippen LogP contribution in [0.2, 0.25) is 0 Å². The quantitative estimate of drug-likeness (QED) is 0.609. The zero-order valence-corrected chi connectivity index (χ0v) is 11.7. The van der Waals surface area contributed by atoms with Gasteiger partial charge in [-0.1, -0.05) is 41.6 Å². The van der Waals surface area contributed by atoms with Crippen molar-refractivity contribution in [1.82, 2.24) is 4.57 Å². The summed E-state index contributed by atoms with van der Waals surface area (Å²) in [6, 6.07) is 6.14. The van der Waals surface area contributed by atoms with Gasteiger partial charge in [0.2, 0.25) is 0 Å². The molecule has 17 heavy (non-hydrogen) atoms. The number of hydrogen-bond donors (Lipinski definition) is 0. The Morgan fingerprint density at radius 2 is 2.00 bits per heavy atom. The predicted molar refractivity (Wildman–Crippen MR) is 73.1 cm³/mol. The molecule has 0 unspecified atom stereocenters. The summed E-state index contributed by atoms with van der Waals surface area (Å²) >= 11 is 3.70.